The van der Waals surface area contributed by atoms with Crippen LogP contribution in [0, 0.1) is 28.9 Å². The lowest BCUT2D eigenvalue weighted by Crippen LogP contribution is -2.43. The van der Waals surface area contributed by atoms with Crippen molar-refractivity contribution >= 4 is 68.7 Å². The number of piperidine rings is 2. The summed E-state index contributed by atoms with van der Waals surface area (Å²) in [5, 5.41) is 8.78. The van der Waals surface area contributed by atoms with Gasteiger partial charge in [-0.3, -0.25) is 9.59 Å². The molecule has 18 heteroatoms. The molecular formula is C44H50Cl2F2N12O2. The van der Waals surface area contributed by atoms with Crippen LogP contribution < -0.4 is 10.6 Å². The average Bonchev–Trinajstić information content (AvgIpc) is 3.87. The quantitative estimate of drug-likeness (QED) is 0.0973. The van der Waals surface area contributed by atoms with E-state index in [-0.39, 0.29) is 40.7 Å². The first-order valence-corrected chi connectivity index (χ1v) is 21.5. The number of aromatic amines is 2. The zero-order valence-electron chi connectivity index (χ0n) is 35.1. The van der Waals surface area contributed by atoms with Gasteiger partial charge in [0.05, 0.1) is 22.4 Å². The SMILES string of the molecule is CC(C)(C)CC(=O)N1CCCC(CNc2nc(-c3c[nH]c4ncc(Cl)cc34)ncc2F)C1.CC=CC(=O)N1CCCC(CNc2nc(-c3c[nH]c4ncc(Cl)cc34)ncc2F)C1. The van der Waals surface area contributed by atoms with Gasteiger partial charge in [0.15, 0.2) is 34.9 Å². The standard InChI is InChI=1S/C23H28ClFN6O.C21H22ClFN6O/c1-23(2,3)8-19(32)31-6-4-5-14(13-31)9-26-22-18(25)12-29-21(30-22)17-11-28-20-16(17)7-15(24)10-27-20;1-2-4-18(30)29-6-3-5-13(12-29)8-24-21-17(23)11-27-20(28-21)16-10-26-19-15(16)7-14(22)9-25-19/h7,10-12,14H,4-6,8-9,13H2,1-3H3,(H,27,28)(H,26,29,30);2,4,7,9-11,13H,3,5-6,8,12H2,1H3,(H,25,26)(H,24,27,28). The fraction of sp³-hybridized carbons (Fsp3) is 0.409. The molecule has 8 heterocycles. The Hall–Kier alpha value is -5.74. The molecule has 0 aliphatic carbocycles. The summed E-state index contributed by atoms with van der Waals surface area (Å²) in [6.07, 6.45) is 16.6. The fourth-order valence-electron chi connectivity index (χ4n) is 7.75. The number of halogens is 4. The Balaban J connectivity index is 0.000000187. The minimum Gasteiger partial charge on any atom is -0.367 e. The molecular weight excluding hydrogens is 837 g/mol. The second kappa shape index (κ2) is 19.5. The first-order chi connectivity index (χ1) is 29.7. The molecule has 6 aromatic heterocycles. The van der Waals surface area contributed by atoms with Gasteiger partial charge in [-0.1, -0.05) is 50.0 Å². The van der Waals surface area contributed by atoms with Crippen LogP contribution in [0.25, 0.3) is 44.8 Å². The second-order valence-electron chi connectivity index (χ2n) is 16.9. The molecule has 2 saturated heterocycles. The summed E-state index contributed by atoms with van der Waals surface area (Å²) >= 11 is 12.1. The van der Waals surface area contributed by atoms with E-state index >= 15 is 0 Å². The van der Waals surface area contributed by atoms with E-state index in [1.54, 1.807) is 49.1 Å². The van der Waals surface area contributed by atoms with Crippen molar-refractivity contribution in [3.05, 3.63) is 83.1 Å². The van der Waals surface area contributed by atoms with Crippen molar-refractivity contribution in [1.29, 1.82) is 0 Å². The molecule has 0 radical (unpaired) electrons. The summed E-state index contributed by atoms with van der Waals surface area (Å²) in [4.78, 5) is 60.1. The Labute approximate surface area is 368 Å². The number of allylic oxidation sites excluding steroid dienone is 1. The molecule has 2 aliphatic rings. The molecule has 2 fully saturated rings. The zero-order valence-corrected chi connectivity index (χ0v) is 36.6. The molecule has 2 atom stereocenters. The summed E-state index contributed by atoms with van der Waals surface area (Å²) in [5.74, 6) is 0.682. The van der Waals surface area contributed by atoms with Crippen LogP contribution >= 0.6 is 23.2 Å². The molecule has 0 aromatic carbocycles. The third-order valence-corrected chi connectivity index (χ3v) is 11.2. The molecule has 0 spiro atoms. The van der Waals surface area contributed by atoms with Crippen LogP contribution in [0.15, 0.2) is 61.5 Å². The maximum absolute atomic E-state index is 14.4. The number of likely N-dealkylation sites (tertiary alicyclic amines) is 2. The molecule has 62 heavy (non-hydrogen) atoms. The predicted molar refractivity (Wildman–Crippen MR) is 239 cm³/mol. The number of rotatable bonds is 10. The minimum absolute atomic E-state index is 0.0179. The second-order valence-corrected chi connectivity index (χ2v) is 17.8. The van der Waals surface area contributed by atoms with Crippen LogP contribution in [0.4, 0.5) is 20.4 Å². The van der Waals surface area contributed by atoms with Gasteiger partial charge in [-0.15, -0.1) is 0 Å². The summed E-state index contributed by atoms with van der Waals surface area (Å²) in [6.45, 7) is 12.0. The third kappa shape index (κ3) is 11.0. The summed E-state index contributed by atoms with van der Waals surface area (Å²) in [7, 11) is 0. The Kier molecular flexibility index (Phi) is 14.0. The first-order valence-electron chi connectivity index (χ1n) is 20.7. The monoisotopic (exact) mass is 886 g/mol. The van der Waals surface area contributed by atoms with Crippen molar-refractivity contribution in [3.63, 3.8) is 0 Å². The number of anilines is 2. The molecule has 0 bridgehead atoms. The number of carbonyl (C=O) groups is 2. The summed E-state index contributed by atoms with van der Waals surface area (Å²) < 4.78 is 28.8. The van der Waals surface area contributed by atoms with E-state index in [4.69, 9.17) is 23.2 Å². The van der Waals surface area contributed by atoms with Crippen LogP contribution in [0.3, 0.4) is 0 Å². The lowest BCUT2D eigenvalue weighted by atomic mass is 9.90. The molecule has 2 unspecified atom stereocenters. The number of fused-ring (bicyclic) bond motifs is 2. The van der Waals surface area contributed by atoms with Crippen molar-refractivity contribution in [2.45, 2.75) is 59.8 Å². The number of nitrogens with zero attached hydrogens (tertiary/aromatic N) is 8. The van der Waals surface area contributed by atoms with Gasteiger partial charge in [-0.2, -0.15) is 0 Å². The molecule has 2 amide bonds. The van der Waals surface area contributed by atoms with E-state index in [0.29, 0.717) is 76.7 Å². The molecule has 8 rings (SSSR count). The van der Waals surface area contributed by atoms with Crippen LogP contribution in [0.5, 0.6) is 0 Å². The maximum atomic E-state index is 14.4. The Morgan fingerprint density at radius 2 is 1.26 bits per heavy atom. The van der Waals surface area contributed by atoms with Gasteiger partial charge in [0.25, 0.3) is 0 Å². The van der Waals surface area contributed by atoms with Crippen molar-refractivity contribution in [3.8, 4) is 22.8 Å². The Morgan fingerprint density at radius 3 is 1.74 bits per heavy atom. The Morgan fingerprint density at radius 1 is 0.774 bits per heavy atom. The molecule has 2 aliphatic heterocycles. The third-order valence-electron chi connectivity index (χ3n) is 10.8. The number of hydrogen-bond donors (Lipinski definition) is 4. The van der Waals surface area contributed by atoms with Crippen LogP contribution in [-0.4, -0.2) is 101 Å². The van der Waals surface area contributed by atoms with Crippen LogP contribution in [-0.2, 0) is 9.59 Å². The fourth-order valence-corrected chi connectivity index (χ4v) is 8.07. The molecule has 4 N–H and O–H groups in total. The smallest absolute Gasteiger partial charge is 0.246 e. The molecule has 14 nitrogen and oxygen atoms in total. The van der Waals surface area contributed by atoms with Crippen LogP contribution in [0.1, 0.15) is 59.8 Å². The topological polar surface area (TPSA) is 174 Å². The van der Waals surface area contributed by atoms with E-state index in [2.05, 4.69) is 71.3 Å². The van der Waals surface area contributed by atoms with Gasteiger partial charge in [-0.05, 0) is 68.1 Å². The number of H-pyrrole nitrogens is 2. The highest BCUT2D eigenvalue weighted by Gasteiger charge is 2.27. The number of carbonyl (C=O) groups excluding carboxylic acids is 2. The predicted octanol–water partition coefficient (Wildman–Crippen LogP) is 8.94. The van der Waals surface area contributed by atoms with Gasteiger partial charge in [0, 0.05) is 92.4 Å². The Bertz CT molecular complexity index is 2570. The number of aromatic nitrogens is 8. The normalized spacial score (nSPS) is 17.0. The summed E-state index contributed by atoms with van der Waals surface area (Å²) in [6, 6.07) is 3.55. The van der Waals surface area contributed by atoms with E-state index < -0.39 is 11.6 Å². The highest BCUT2D eigenvalue weighted by atomic mass is 35.5. The number of nitrogens with one attached hydrogen (secondary N) is 4. The van der Waals surface area contributed by atoms with Crippen molar-refractivity contribution in [2.75, 3.05) is 49.9 Å². The van der Waals surface area contributed by atoms with Gasteiger partial charge in [0.1, 0.15) is 11.3 Å². The zero-order chi connectivity index (χ0) is 44.0. The number of pyridine rings is 2. The average molecular weight is 888 g/mol. The van der Waals surface area contributed by atoms with Crippen molar-refractivity contribution in [2.24, 2.45) is 17.3 Å². The van der Waals surface area contributed by atoms with E-state index in [0.717, 1.165) is 55.7 Å². The highest BCUT2D eigenvalue weighted by molar-refractivity contribution is 6.31. The molecule has 326 valence electrons. The van der Waals surface area contributed by atoms with E-state index in [9.17, 15) is 18.4 Å². The van der Waals surface area contributed by atoms with E-state index in [1.165, 1.54) is 6.20 Å². The maximum Gasteiger partial charge on any atom is 0.246 e. The van der Waals surface area contributed by atoms with E-state index in [1.807, 2.05) is 16.7 Å². The number of amides is 2. The lowest BCUT2D eigenvalue weighted by molar-refractivity contribution is -0.134. The number of hydrogen-bond acceptors (Lipinski definition) is 10. The molecule has 6 aromatic rings. The van der Waals surface area contributed by atoms with Gasteiger partial charge >= 0.3 is 0 Å². The van der Waals surface area contributed by atoms with Gasteiger partial charge in [0.2, 0.25) is 11.8 Å². The van der Waals surface area contributed by atoms with Crippen molar-refractivity contribution < 1.29 is 18.4 Å². The van der Waals surface area contributed by atoms with Crippen LogP contribution in [0.2, 0.25) is 10.0 Å². The van der Waals surface area contributed by atoms with Crippen molar-refractivity contribution in [1.82, 2.24) is 49.7 Å². The summed E-state index contributed by atoms with van der Waals surface area (Å²) in [5.41, 5.74) is 2.68. The highest BCUT2D eigenvalue weighted by Crippen LogP contribution is 2.31. The largest absolute Gasteiger partial charge is 0.367 e. The van der Waals surface area contributed by atoms with Gasteiger partial charge in [-0.25, -0.2) is 38.7 Å². The molecule has 0 saturated carbocycles. The lowest BCUT2D eigenvalue weighted by Gasteiger charge is -2.34. The minimum atomic E-state index is -0.521. The van der Waals surface area contributed by atoms with Gasteiger partial charge < -0.3 is 30.4 Å². The first kappa shape index (κ1) is 44.3.